The van der Waals surface area contributed by atoms with Gasteiger partial charge in [-0.2, -0.15) is 0 Å². The fourth-order valence-electron chi connectivity index (χ4n) is 13.4. The van der Waals surface area contributed by atoms with Crippen LogP contribution in [-0.4, -0.2) is 193 Å². The number of nitrogens with one attached hydrogen (secondary N) is 1. The number of rotatable bonds is 62. The lowest BCUT2D eigenvalue weighted by Gasteiger charge is -2.48. The predicted molar refractivity (Wildman–Crippen MR) is 383 cm³/mol. The van der Waals surface area contributed by atoms with Crippen molar-refractivity contribution in [2.75, 3.05) is 26.4 Å². The van der Waals surface area contributed by atoms with Crippen LogP contribution in [0.2, 0.25) is 0 Å². The molecule has 3 aliphatic heterocycles. The summed E-state index contributed by atoms with van der Waals surface area (Å²) >= 11 is 0. The van der Waals surface area contributed by atoms with Crippen LogP contribution in [0.4, 0.5) is 0 Å². The number of amides is 1. The average Bonchev–Trinajstić information content (AvgIpc) is 0.789. The molecule has 0 spiro atoms. The summed E-state index contributed by atoms with van der Waals surface area (Å²) in [6.07, 6.45) is 46.5. The van der Waals surface area contributed by atoms with Gasteiger partial charge in [-0.25, -0.2) is 0 Å². The minimum absolute atomic E-state index is 0.238. The van der Waals surface area contributed by atoms with Crippen molar-refractivity contribution in [2.45, 2.75) is 413 Å². The predicted octanol–water partition coefficient (Wildman–Crippen LogP) is 12.5. The van der Waals surface area contributed by atoms with Gasteiger partial charge in [0.2, 0.25) is 5.91 Å². The topological polar surface area (TPSA) is 307 Å². The van der Waals surface area contributed by atoms with Crippen LogP contribution in [0.25, 0.3) is 0 Å². The number of hydrogen-bond donors (Lipinski definition) is 12. The van der Waals surface area contributed by atoms with Crippen LogP contribution < -0.4 is 5.32 Å². The summed E-state index contributed by atoms with van der Waals surface area (Å²) in [4.78, 5) is 13.5. The molecule has 3 saturated heterocycles. The molecule has 0 saturated carbocycles. The standard InChI is InChI=1S/C78H143NO18/c1-3-5-7-9-11-13-15-17-19-20-21-22-23-24-25-26-27-28-29-30-31-32-33-34-35-36-37-38-39-40-42-44-46-48-50-52-54-56-66(84)79-61(62(83)55-53-51-49-47-45-43-41-18-16-14-12-10-8-6-4-2)60-92-76-72(90)69(87)74(64(58-81)94-76)97-78-73(91)70(88)75(65(59-82)95-78)96-77-71(89)68(86)67(85)63(57-80)93-77/h5,7,11,13,17,19,21-22,61-65,67-78,80-83,85-91H,3-4,6,8-10,12,14-16,18,20,23-60H2,1-2H3,(H,79,84)/b7-5-,13-11-,19-17-,22-21-. The zero-order valence-corrected chi connectivity index (χ0v) is 60.6. The molecule has 0 bridgehead atoms. The Kier molecular flexibility index (Phi) is 54.3. The maximum Gasteiger partial charge on any atom is 0.220 e. The van der Waals surface area contributed by atoms with Gasteiger partial charge in [0.25, 0.3) is 0 Å². The molecule has 568 valence electrons. The molecule has 0 aromatic rings. The average molecular weight is 1380 g/mol. The lowest BCUT2D eigenvalue weighted by atomic mass is 9.96. The van der Waals surface area contributed by atoms with E-state index >= 15 is 0 Å². The van der Waals surface area contributed by atoms with Crippen LogP contribution in [0.3, 0.4) is 0 Å². The molecule has 12 N–H and O–H groups in total. The maximum atomic E-state index is 13.5. The summed E-state index contributed by atoms with van der Waals surface area (Å²) in [5.74, 6) is -0.238. The zero-order chi connectivity index (χ0) is 70.4. The first-order valence-electron chi connectivity index (χ1n) is 39.4. The SMILES string of the molecule is CC/C=C\C/C=C\C/C=C\C/C=C\CCCCCCCCCCCCCCCCCCCCCCCCCCC(=O)NC(COC1OC(CO)C(OC2OC(CO)C(OC3OC(CO)C(O)C(O)C3O)C(O)C2O)C(O)C1O)C(O)CCCCCCCCCCCCCCCCC. The molecule has 0 radical (unpaired) electrons. The Hall–Kier alpha value is -2.25. The third-order valence-electron chi connectivity index (χ3n) is 19.7. The first kappa shape index (κ1) is 89.0. The highest BCUT2D eigenvalue weighted by Crippen LogP contribution is 2.33. The lowest BCUT2D eigenvalue weighted by Crippen LogP contribution is -2.66. The molecular weight excluding hydrogens is 1240 g/mol. The van der Waals surface area contributed by atoms with Gasteiger partial charge in [-0.3, -0.25) is 4.79 Å². The third kappa shape index (κ3) is 39.8. The summed E-state index contributed by atoms with van der Waals surface area (Å²) in [5, 5.41) is 121. The summed E-state index contributed by atoms with van der Waals surface area (Å²) in [5.41, 5.74) is 0. The second kappa shape index (κ2) is 59.2. The third-order valence-corrected chi connectivity index (χ3v) is 19.7. The number of hydrogen-bond acceptors (Lipinski definition) is 18. The van der Waals surface area contributed by atoms with Crippen molar-refractivity contribution in [3.8, 4) is 0 Å². The monoisotopic (exact) mass is 1380 g/mol. The van der Waals surface area contributed by atoms with Crippen molar-refractivity contribution in [3.05, 3.63) is 48.6 Å². The van der Waals surface area contributed by atoms with E-state index in [4.69, 9.17) is 28.4 Å². The lowest BCUT2D eigenvalue weighted by molar-refractivity contribution is -0.379. The number of aliphatic hydroxyl groups is 11. The molecule has 1 amide bonds. The van der Waals surface area contributed by atoms with E-state index in [2.05, 4.69) is 67.8 Å². The van der Waals surface area contributed by atoms with Crippen molar-refractivity contribution in [3.63, 3.8) is 0 Å². The van der Waals surface area contributed by atoms with Crippen LogP contribution in [0.15, 0.2) is 48.6 Å². The van der Waals surface area contributed by atoms with E-state index in [1.165, 1.54) is 205 Å². The van der Waals surface area contributed by atoms with Gasteiger partial charge < -0.3 is 89.9 Å². The molecule has 0 aliphatic carbocycles. The first-order chi connectivity index (χ1) is 47.3. The zero-order valence-electron chi connectivity index (χ0n) is 60.6. The molecule has 3 fully saturated rings. The van der Waals surface area contributed by atoms with E-state index in [-0.39, 0.29) is 18.9 Å². The van der Waals surface area contributed by atoms with E-state index in [9.17, 15) is 61.0 Å². The van der Waals surface area contributed by atoms with Gasteiger partial charge in [0.05, 0.1) is 38.6 Å². The fraction of sp³-hybridized carbons (Fsp3) is 0.885. The van der Waals surface area contributed by atoms with Gasteiger partial charge in [-0.1, -0.05) is 300 Å². The molecule has 0 aromatic carbocycles. The van der Waals surface area contributed by atoms with E-state index in [1.54, 1.807) is 0 Å². The second-order valence-electron chi connectivity index (χ2n) is 28.2. The second-order valence-corrected chi connectivity index (χ2v) is 28.2. The van der Waals surface area contributed by atoms with Crippen molar-refractivity contribution in [2.24, 2.45) is 0 Å². The molecule has 97 heavy (non-hydrogen) atoms. The number of carbonyl (C=O) groups is 1. The molecule has 3 rings (SSSR count). The van der Waals surface area contributed by atoms with Crippen LogP contribution in [0.1, 0.15) is 309 Å². The molecular formula is C78H143NO18. The minimum atomic E-state index is -1.97. The Bertz CT molecular complexity index is 1940. The summed E-state index contributed by atoms with van der Waals surface area (Å²) in [6.45, 7) is 1.72. The minimum Gasteiger partial charge on any atom is -0.394 e. The van der Waals surface area contributed by atoms with Gasteiger partial charge >= 0.3 is 0 Å². The molecule has 19 heteroatoms. The number of carbonyl (C=O) groups excluding carboxylic acids is 1. The Morgan fingerprint density at radius 2 is 0.711 bits per heavy atom. The van der Waals surface area contributed by atoms with E-state index in [0.717, 1.165) is 70.6 Å². The highest BCUT2D eigenvalue weighted by Gasteiger charge is 2.54. The summed E-state index contributed by atoms with van der Waals surface area (Å²) in [7, 11) is 0. The van der Waals surface area contributed by atoms with Crippen LogP contribution >= 0.6 is 0 Å². The van der Waals surface area contributed by atoms with Crippen LogP contribution in [-0.2, 0) is 33.2 Å². The molecule has 19 nitrogen and oxygen atoms in total. The highest BCUT2D eigenvalue weighted by molar-refractivity contribution is 5.76. The Morgan fingerprint density at radius 3 is 1.11 bits per heavy atom. The molecule has 17 atom stereocenters. The van der Waals surface area contributed by atoms with E-state index < -0.39 is 124 Å². The molecule has 3 heterocycles. The van der Waals surface area contributed by atoms with Crippen LogP contribution in [0.5, 0.6) is 0 Å². The van der Waals surface area contributed by atoms with Crippen LogP contribution in [0, 0.1) is 0 Å². The molecule has 3 aliphatic rings. The Morgan fingerprint density at radius 1 is 0.381 bits per heavy atom. The van der Waals surface area contributed by atoms with Crippen molar-refractivity contribution < 1.29 is 89.4 Å². The first-order valence-corrected chi connectivity index (χ1v) is 39.4. The van der Waals surface area contributed by atoms with Gasteiger partial charge in [0, 0.05) is 6.42 Å². The summed E-state index contributed by atoms with van der Waals surface area (Å²) in [6, 6.07) is -0.885. The van der Waals surface area contributed by atoms with Gasteiger partial charge in [-0.15, -0.1) is 0 Å². The van der Waals surface area contributed by atoms with Gasteiger partial charge in [0.1, 0.15) is 73.2 Å². The van der Waals surface area contributed by atoms with Gasteiger partial charge in [0.15, 0.2) is 18.9 Å². The van der Waals surface area contributed by atoms with Crippen molar-refractivity contribution in [1.29, 1.82) is 0 Å². The largest absolute Gasteiger partial charge is 0.394 e. The number of aliphatic hydroxyl groups excluding tert-OH is 11. The smallest absolute Gasteiger partial charge is 0.220 e. The van der Waals surface area contributed by atoms with Gasteiger partial charge in [-0.05, 0) is 51.4 Å². The molecule has 0 aromatic heterocycles. The number of ether oxygens (including phenoxy) is 6. The van der Waals surface area contributed by atoms with Crippen molar-refractivity contribution in [1.82, 2.24) is 5.32 Å². The summed E-state index contributed by atoms with van der Waals surface area (Å²) < 4.78 is 34.5. The highest BCUT2D eigenvalue weighted by atomic mass is 16.8. The number of allylic oxidation sites excluding steroid dienone is 8. The quantitative estimate of drug-likeness (QED) is 0.0199. The number of unbranched alkanes of at least 4 members (excludes halogenated alkanes) is 38. The molecule has 17 unspecified atom stereocenters. The maximum absolute atomic E-state index is 13.5. The van der Waals surface area contributed by atoms with E-state index in [1.807, 2.05) is 0 Å². The normalized spacial score (nSPS) is 27.1. The van der Waals surface area contributed by atoms with E-state index in [0.29, 0.717) is 12.8 Å². The Balaban J connectivity index is 1.30. The van der Waals surface area contributed by atoms with Crippen molar-refractivity contribution >= 4 is 5.91 Å². The Labute approximate surface area is 586 Å². The fourth-order valence-corrected chi connectivity index (χ4v) is 13.4.